The molecular formula is C9H8BrClFN. The van der Waals surface area contributed by atoms with Crippen LogP contribution in [0.3, 0.4) is 0 Å². The van der Waals surface area contributed by atoms with Crippen molar-refractivity contribution in [3.05, 3.63) is 33.0 Å². The van der Waals surface area contributed by atoms with Crippen LogP contribution in [0.1, 0.15) is 18.4 Å². The summed E-state index contributed by atoms with van der Waals surface area (Å²) < 4.78 is 13.9. The van der Waals surface area contributed by atoms with Gasteiger partial charge in [0.2, 0.25) is 0 Å². The number of hydrogen-bond acceptors (Lipinski definition) is 1. The molecule has 1 aliphatic carbocycles. The van der Waals surface area contributed by atoms with Crippen LogP contribution in [0.5, 0.6) is 0 Å². The second-order valence-corrected chi connectivity index (χ2v) is 4.70. The highest BCUT2D eigenvalue weighted by atomic mass is 79.9. The average molecular weight is 265 g/mol. The van der Waals surface area contributed by atoms with Gasteiger partial charge >= 0.3 is 0 Å². The molecule has 0 heterocycles. The first-order chi connectivity index (χ1) is 6.03. The Bertz CT molecular complexity index is 363. The fourth-order valence-corrected chi connectivity index (χ4v) is 2.05. The van der Waals surface area contributed by atoms with E-state index in [1.807, 2.05) is 0 Å². The van der Waals surface area contributed by atoms with Crippen LogP contribution in [0.2, 0.25) is 5.02 Å². The highest BCUT2D eigenvalue weighted by Crippen LogP contribution is 2.46. The number of halogens is 3. The molecule has 0 saturated heterocycles. The van der Waals surface area contributed by atoms with E-state index in [9.17, 15) is 4.39 Å². The molecule has 0 atom stereocenters. The molecule has 0 aliphatic heterocycles. The molecule has 1 nitrogen and oxygen atoms in total. The zero-order valence-electron chi connectivity index (χ0n) is 6.78. The zero-order valence-corrected chi connectivity index (χ0v) is 9.12. The lowest BCUT2D eigenvalue weighted by Crippen LogP contribution is -2.19. The molecule has 2 N–H and O–H groups in total. The molecule has 1 aromatic rings. The Morgan fingerprint density at radius 3 is 2.62 bits per heavy atom. The average Bonchev–Trinajstić information content (AvgIpc) is 2.77. The van der Waals surface area contributed by atoms with E-state index < -0.39 is 5.82 Å². The first kappa shape index (κ1) is 9.44. The van der Waals surface area contributed by atoms with Crippen LogP contribution in [0, 0.1) is 5.82 Å². The number of rotatable bonds is 1. The van der Waals surface area contributed by atoms with Gasteiger partial charge in [-0.3, -0.25) is 0 Å². The van der Waals surface area contributed by atoms with Gasteiger partial charge in [-0.1, -0.05) is 27.5 Å². The second kappa shape index (κ2) is 2.94. The van der Waals surface area contributed by atoms with E-state index in [1.54, 1.807) is 6.07 Å². The van der Waals surface area contributed by atoms with Crippen LogP contribution in [0.25, 0.3) is 0 Å². The molecule has 0 amide bonds. The van der Waals surface area contributed by atoms with E-state index in [1.165, 1.54) is 6.07 Å². The van der Waals surface area contributed by atoms with Gasteiger partial charge in [0, 0.05) is 10.0 Å². The summed E-state index contributed by atoms with van der Waals surface area (Å²) in [6.07, 6.45) is 1.76. The van der Waals surface area contributed by atoms with Crippen molar-refractivity contribution in [2.24, 2.45) is 5.73 Å². The van der Waals surface area contributed by atoms with E-state index in [0.717, 1.165) is 12.8 Å². The standard InChI is InChI=1S/C9H8BrClFN/c10-5-3-6(9(13)1-2-9)8(11)7(12)4-5/h3-4H,1-2,13H2. The molecule has 70 valence electrons. The Hall–Kier alpha value is -0.120. The molecule has 1 fully saturated rings. The van der Waals surface area contributed by atoms with Gasteiger partial charge in [-0.05, 0) is 30.5 Å². The smallest absolute Gasteiger partial charge is 0.143 e. The largest absolute Gasteiger partial charge is 0.321 e. The first-order valence-electron chi connectivity index (χ1n) is 3.97. The highest BCUT2D eigenvalue weighted by molar-refractivity contribution is 9.10. The van der Waals surface area contributed by atoms with Crippen LogP contribution in [0.4, 0.5) is 4.39 Å². The molecule has 13 heavy (non-hydrogen) atoms. The maximum absolute atomic E-state index is 13.2. The quantitative estimate of drug-likeness (QED) is 0.775. The van der Waals surface area contributed by atoms with Crippen molar-refractivity contribution in [3.8, 4) is 0 Å². The molecule has 1 saturated carbocycles. The predicted molar refractivity (Wildman–Crippen MR) is 54.2 cm³/mol. The maximum Gasteiger partial charge on any atom is 0.143 e. The molecule has 1 aromatic carbocycles. The zero-order chi connectivity index (χ0) is 9.64. The van der Waals surface area contributed by atoms with Crippen molar-refractivity contribution in [2.45, 2.75) is 18.4 Å². The summed E-state index contributed by atoms with van der Waals surface area (Å²) in [5.41, 5.74) is 6.26. The van der Waals surface area contributed by atoms with Gasteiger partial charge < -0.3 is 5.73 Å². The third kappa shape index (κ3) is 1.60. The monoisotopic (exact) mass is 263 g/mol. The van der Waals surface area contributed by atoms with Crippen LogP contribution in [0.15, 0.2) is 16.6 Å². The van der Waals surface area contributed by atoms with Crippen LogP contribution in [-0.4, -0.2) is 0 Å². The van der Waals surface area contributed by atoms with Gasteiger partial charge in [0.25, 0.3) is 0 Å². The van der Waals surface area contributed by atoms with Crippen molar-refractivity contribution in [3.63, 3.8) is 0 Å². The topological polar surface area (TPSA) is 26.0 Å². The van der Waals surface area contributed by atoms with E-state index >= 15 is 0 Å². The number of hydrogen-bond donors (Lipinski definition) is 1. The molecule has 0 aromatic heterocycles. The van der Waals surface area contributed by atoms with Crippen molar-refractivity contribution in [2.75, 3.05) is 0 Å². The summed E-state index contributed by atoms with van der Waals surface area (Å²) in [4.78, 5) is 0. The molecule has 1 aliphatic rings. The number of nitrogens with two attached hydrogens (primary N) is 1. The van der Waals surface area contributed by atoms with E-state index in [0.29, 0.717) is 10.0 Å². The second-order valence-electron chi connectivity index (χ2n) is 3.41. The van der Waals surface area contributed by atoms with Gasteiger partial charge in [-0.2, -0.15) is 0 Å². The van der Waals surface area contributed by atoms with Gasteiger partial charge in [-0.15, -0.1) is 0 Å². The third-order valence-corrected chi connectivity index (χ3v) is 3.16. The molecule has 4 heteroatoms. The Labute approximate surface area is 89.2 Å². The summed E-state index contributed by atoms with van der Waals surface area (Å²) in [5.74, 6) is -0.414. The van der Waals surface area contributed by atoms with E-state index in [-0.39, 0.29) is 10.6 Å². The van der Waals surface area contributed by atoms with Crippen molar-refractivity contribution in [1.29, 1.82) is 0 Å². The Morgan fingerprint density at radius 1 is 1.46 bits per heavy atom. The predicted octanol–water partition coefficient (Wildman–Crippen LogP) is 3.19. The first-order valence-corrected chi connectivity index (χ1v) is 5.14. The van der Waals surface area contributed by atoms with Crippen molar-refractivity contribution in [1.82, 2.24) is 0 Å². The summed E-state index contributed by atoms with van der Waals surface area (Å²) in [6.45, 7) is 0. The van der Waals surface area contributed by atoms with Gasteiger partial charge in [0.1, 0.15) is 5.82 Å². The van der Waals surface area contributed by atoms with Gasteiger partial charge in [-0.25, -0.2) is 4.39 Å². The summed E-state index contributed by atoms with van der Waals surface area (Å²) in [6, 6.07) is 3.13. The normalized spacial score (nSPS) is 18.8. The minimum atomic E-state index is -0.414. The van der Waals surface area contributed by atoms with Gasteiger partial charge in [0.15, 0.2) is 0 Å². The van der Waals surface area contributed by atoms with Crippen molar-refractivity contribution >= 4 is 27.5 Å². The van der Waals surface area contributed by atoms with Gasteiger partial charge in [0.05, 0.1) is 5.02 Å². The molecule has 0 bridgehead atoms. The summed E-state index contributed by atoms with van der Waals surface area (Å²) in [5, 5.41) is 0.156. The lowest BCUT2D eigenvalue weighted by atomic mass is 10.1. The Balaban J connectivity index is 2.56. The maximum atomic E-state index is 13.2. The highest BCUT2D eigenvalue weighted by Gasteiger charge is 2.42. The fraction of sp³-hybridized carbons (Fsp3) is 0.333. The van der Waals surface area contributed by atoms with E-state index in [4.69, 9.17) is 17.3 Å². The summed E-state index contributed by atoms with van der Waals surface area (Å²) >= 11 is 9.03. The Morgan fingerprint density at radius 2 is 2.08 bits per heavy atom. The molecule has 0 unspecified atom stereocenters. The lowest BCUT2D eigenvalue weighted by molar-refractivity contribution is 0.618. The van der Waals surface area contributed by atoms with Crippen LogP contribution < -0.4 is 5.73 Å². The third-order valence-electron chi connectivity index (χ3n) is 2.32. The molecule has 0 radical (unpaired) electrons. The molecular weight excluding hydrogens is 256 g/mol. The Kier molecular flexibility index (Phi) is 2.13. The minimum Gasteiger partial charge on any atom is -0.321 e. The fourth-order valence-electron chi connectivity index (χ4n) is 1.32. The lowest BCUT2D eigenvalue weighted by Gasteiger charge is -2.12. The summed E-state index contributed by atoms with van der Waals surface area (Å²) in [7, 11) is 0. The molecule has 0 spiro atoms. The minimum absolute atomic E-state index is 0.156. The van der Waals surface area contributed by atoms with Crippen LogP contribution in [-0.2, 0) is 5.54 Å². The van der Waals surface area contributed by atoms with Crippen LogP contribution >= 0.6 is 27.5 Å². The van der Waals surface area contributed by atoms with Crippen molar-refractivity contribution < 1.29 is 4.39 Å². The van der Waals surface area contributed by atoms with E-state index in [2.05, 4.69) is 15.9 Å². The molecule has 2 rings (SSSR count). The number of benzene rings is 1. The SMILES string of the molecule is NC1(c2cc(Br)cc(F)c2Cl)CC1.